The summed E-state index contributed by atoms with van der Waals surface area (Å²) < 4.78 is 22.5. The second kappa shape index (κ2) is 16.9. The van der Waals surface area contributed by atoms with Gasteiger partial charge in [-0.2, -0.15) is 0 Å². The summed E-state index contributed by atoms with van der Waals surface area (Å²) in [5.41, 5.74) is 3.99. The Hall–Kier alpha value is -3.71. The molecule has 4 nitrogen and oxygen atoms in total. The van der Waals surface area contributed by atoms with Gasteiger partial charge >= 0.3 is 51.0 Å². The molecule has 0 atom stereocenters. The molecule has 1 fully saturated rings. The van der Waals surface area contributed by atoms with Gasteiger partial charge in [0.15, 0.2) is 5.78 Å². The molecule has 1 saturated carbocycles. The molecule has 0 saturated heterocycles. The first-order valence-electron chi connectivity index (χ1n) is 10.7. The maximum absolute atomic E-state index is 14.0. The van der Waals surface area contributed by atoms with E-state index in [1.165, 1.54) is 0 Å². The normalized spacial score (nSPS) is 13.3. The Bertz CT molecular complexity index is 1150. The number of carbonyl (C=O) groups is 1. The zero-order chi connectivity index (χ0) is 26.3. The quantitative estimate of drug-likeness (QED) is 0.185. The molecule has 0 aliphatic heterocycles. The van der Waals surface area contributed by atoms with Crippen molar-refractivity contribution in [3.8, 4) is 0 Å². The zero-order valence-corrected chi connectivity index (χ0v) is 20.6. The van der Waals surface area contributed by atoms with E-state index in [9.17, 15) is 4.79 Å². The van der Waals surface area contributed by atoms with E-state index in [0.717, 1.165) is 45.9 Å². The molecular formula is C32H20FeO4+2. The van der Waals surface area contributed by atoms with E-state index >= 15 is 0 Å². The van der Waals surface area contributed by atoms with E-state index in [2.05, 4.69) is 44.2 Å². The molecule has 1 aliphatic rings. The van der Waals surface area contributed by atoms with Crippen molar-refractivity contribution in [2.45, 2.75) is 0 Å². The van der Waals surface area contributed by atoms with Crippen molar-refractivity contribution in [1.82, 2.24) is 0 Å². The Morgan fingerprint density at radius 2 is 0.541 bits per heavy atom. The van der Waals surface area contributed by atoms with Crippen LogP contribution in [0.25, 0.3) is 0 Å². The molecule has 0 unspecified atom stereocenters. The van der Waals surface area contributed by atoms with Gasteiger partial charge in [0, 0.05) is 11.8 Å². The van der Waals surface area contributed by atoms with E-state index in [0.29, 0.717) is 0 Å². The third-order valence-electron chi connectivity index (χ3n) is 5.45. The fourth-order valence-corrected chi connectivity index (χ4v) is 4.15. The minimum atomic E-state index is 0. The third kappa shape index (κ3) is 7.17. The van der Waals surface area contributed by atoms with Crippen LogP contribution in [0.4, 0.5) is 0 Å². The van der Waals surface area contributed by atoms with Crippen molar-refractivity contribution in [3.63, 3.8) is 0 Å². The van der Waals surface area contributed by atoms with Crippen molar-refractivity contribution in [2.24, 2.45) is 0 Å². The summed E-state index contributed by atoms with van der Waals surface area (Å²) in [6.07, 6.45) is 0. The number of hydrogen-bond acceptors (Lipinski definition) is 1. The van der Waals surface area contributed by atoms with Crippen molar-refractivity contribution >= 4 is 5.78 Å². The number of ketones is 1. The average molecular weight is 524 g/mol. The summed E-state index contributed by atoms with van der Waals surface area (Å²) in [5, 5.41) is 0. The smallest absolute Gasteiger partial charge is 2.00 e. The van der Waals surface area contributed by atoms with Crippen LogP contribution in [-0.2, 0) is 35.8 Å². The van der Waals surface area contributed by atoms with Gasteiger partial charge in [0.1, 0.15) is 0 Å². The van der Waals surface area contributed by atoms with Crippen LogP contribution in [0, 0.1) is 43.6 Å². The van der Waals surface area contributed by atoms with Gasteiger partial charge in [-0.1, -0.05) is 121 Å². The van der Waals surface area contributed by atoms with Crippen LogP contribution in [0.1, 0.15) is 22.3 Å². The van der Waals surface area contributed by atoms with Crippen LogP contribution in [0.3, 0.4) is 0 Å². The van der Waals surface area contributed by atoms with E-state index in [4.69, 9.17) is 14.0 Å². The van der Waals surface area contributed by atoms with Crippen molar-refractivity contribution in [2.75, 3.05) is 0 Å². The first-order chi connectivity index (χ1) is 17.8. The van der Waals surface area contributed by atoms with Crippen molar-refractivity contribution in [3.05, 3.63) is 187 Å². The third-order valence-corrected chi connectivity index (χ3v) is 5.45. The van der Waals surface area contributed by atoms with Gasteiger partial charge in [0.25, 0.3) is 0 Å². The molecule has 0 spiro atoms. The van der Waals surface area contributed by atoms with Gasteiger partial charge in [-0.15, -0.1) is 0 Å². The van der Waals surface area contributed by atoms with Crippen LogP contribution in [0.5, 0.6) is 0 Å². The van der Waals surface area contributed by atoms with E-state index in [-0.39, 0.29) is 22.9 Å². The van der Waals surface area contributed by atoms with Gasteiger partial charge < -0.3 is 0 Å². The van der Waals surface area contributed by atoms with Crippen LogP contribution in [-0.4, -0.2) is 5.78 Å². The van der Waals surface area contributed by atoms with Crippen molar-refractivity contribution in [1.29, 1.82) is 0 Å². The molecule has 4 aromatic rings. The van der Waals surface area contributed by atoms with Crippen LogP contribution < -0.4 is 0 Å². The topological polar surface area (TPSA) is 76.8 Å². The summed E-state index contributed by atoms with van der Waals surface area (Å²) in [7, 11) is 0. The van der Waals surface area contributed by atoms with Crippen LogP contribution in [0.15, 0.2) is 121 Å². The van der Waals surface area contributed by atoms with Gasteiger partial charge in [-0.05, 0) is 22.3 Å². The molecule has 0 bridgehead atoms. The fraction of sp³-hybridized carbons (Fsp3) is 0. The SMILES string of the molecule is O=C1[C](c2ccccc2)[C](c2ccccc2)[C](c2ccccc2)[C]1c1ccccc1.[C-]#[O+].[C-]#[O+].[C-]#[O+].[Fe+2]. The fourth-order valence-electron chi connectivity index (χ4n) is 4.15. The molecule has 5 rings (SSSR count). The predicted octanol–water partition coefficient (Wildman–Crippen LogP) is 5.95. The molecule has 4 aromatic carbocycles. The maximum atomic E-state index is 14.0. The molecule has 0 heterocycles. The Balaban J connectivity index is 0.000000914. The summed E-state index contributed by atoms with van der Waals surface area (Å²) >= 11 is 0. The second-order valence-corrected chi connectivity index (χ2v) is 7.29. The van der Waals surface area contributed by atoms with Gasteiger partial charge in [0.05, 0.1) is 11.8 Å². The molecule has 5 heteroatoms. The van der Waals surface area contributed by atoms with E-state index in [1.807, 2.05) is 97.1 Å². The molecule has 4 radical (unpaired) electrons. The zero-order valence-electron chi connectivity index (χ0n) is 19.5. The van der Waals surface area contributed by atoms with E-state index in [1.54, 1.807) is 0 Å². The van der Waals surface area contributed by atoms with Gasteiger partial charge in [-0.25, -0.2) is 0 Å². The number of carbonyl (C=O) groups excluding carboxylic acids is 1. The molecular weight excluding hydrogens is 504 g/mol. The minimum absolute atomic E-state index is 0. The number of hydrogen-bond donors (Lipinski definition) is 0. The van der Waals surface area contributed by atoms with Gasteiger partial charge in [-0.3, -0.25) is 4.79 Å². The molecule has 37 heavy (non-hydrogen) atoms. The Labute approximate surface area is 228 Å². The molecule has 1 aliphatic carbocycles. The second-order valence-electron chi connectivity index (χ2n) is 7.29. The van der Waals surface area contributed by atoms with Crippen LogP contribution in [0.2, 0.25) is 0 Å². The standard InChI is InChI=1S/C29H20O.3CO.Fe/c30-29-27(23-17-9-3-10-18-23)25(21-13-5-1-6-14-21)26(22-15-7-2-8-16-22)28(29)24-19-11-4-12-20-24;3*1-2;/h1-20H;;;;/q;;;;+2. The summed E-state index contributed by atoms with van der Waals surface area (Å²) in [6, 6.07) is 40.5. The first-order valence-corrected chi connectivity index (χ1v) is 10.7. The summed E-state index contributed by atoms with van der Waals surface area (Å²) in [6.45, 7) is 13.5. The van der Waals surface area contributed by atoms with Crippen LogP contribution >= 0.6 is 0 Å². The van der Waals surface area contributed by atoms with Gasteiger partial charge in [0.2, 0.25) is 0 Å². The number of benzene rings is 4. The molecule has 0 N–H and O–H groups in total. The Kier molecular flexibility index (Phi) is 14.3. The van der Waals surface area contributed by atoms with Crippen molar-refractivity contribution < 1.29 is 35.8 Å². The monoisotopic (exact) mass is 524 g/mol. The van der Waals surface area contributed by atoms with E-state index < -0.39 is 0 Å². The average Bonchev–Trinajstić information content (AvgIpc) is 3.30. The molecule has 0 aromatic heterocycles. The maximum Gasteiger partial charge on any atom is 2.00 e. The Morgan fingerprint density at radius 3 is 0.757 bits per heavy atom. The number of Topliss-reactive ketones (excluding diaryl/α,β-unsaturated/α-hetero) is 1. The molecule has 0 amide bonds. The predicted molar refractivity (Wildman–Crippen MR) is 132 cm³/mol. The summed E-state index contributed by atoms with van der Waals surface area (Å²) in [5.74, 6) is 3.60. The number of rotatable bonds is 4. The molecule has 178 valence electrons. The first kappa shape index (κ1) is 31.3. The minimum Gasteiger partial charge on any atom is 2.00 e. The largest absolute Gasteiger partial charge is 2.00 e. The summed E-state index contributed by atoms with van der Waals surface area (Å²) in [4.78, 5) is 14.0. The Morgan fingerprint density at radius 1 is 0.351 bits per heavy atom.